The third-order valence-electron chi connectivity index (χ3n) is 9.42. The molecule has 258 valence electrons. The summed E-state index contributed by atoms with van der Waals surface area (Å²) in [6.45, 7) is 1.73. The summed E-state index contributed by atoms with van der Waals surface area (Å²) in [4.78, 5) is 63.5. The molecule has 2 aromatic rings. The zero-order chi connectivity index (χ0) is 34.2. The Morgan fingerprint density at radius 3 is 2.67 bits per heavy atom. The highest BCUT2D eigenvalue weighted by atomic mass is 32.2. The number of hydrogen-bond acceptors (Lipinski definition) is 9. The summed E-state index contributed by atoms with van der Waals surface area (Å²) in [5, 5.41) is 14.0. The zero-order valence-electron chi connectivity index (χ0n) is 26.5. The number of hydrogen-bond donors (Lipinski definition) is 4. The van der Waals surface area contributed by atoms with Crippen LogP contribution in [0.25, 0.3) is 11.0 Å². The van der Waals surface area contributed by atoms with Crippen molar-refractivity contribution in [2.24, 2.45) is 5.92 Å². The normalized spacial score (nSPS) is 28.7. The predicted octanol–water partition coefficient (Wildman–Crippen LogP) is 2.32. The van der Waals surface area contributed by atoms with Gasteiger partial charge in [0.1, 0.15) is 35.2 Å². The lowest BCUT2D eigenvalue weighted by atomic mass is 10.1. The second-order valence-electron chi connectivity index (χ2n) is 13.0. The number of sulfonamides is 1. The molecule has 16 heteroatoms. The van der Waals surface area contributed by atoms with Gasteiger partial charge in [0.15, 0.2) is 0 Å². The minimum atomic E-state index is -3.90. The number of fused-ring (bicyclic) bond motifs is 3. The standard InChI is InChI=1S/C32H39FN6O8S/c1-2-22-28(35-25-14-19(33)10-13-23(25)34-22)47-20-15-26-27(40)37-32(30(42)38-48(45,46)21-11-12-21)16-18(32)8-6-4-3-5-7-9-24(36-31(43)44)29(41)39(26)17-20/h6,8,10,13-14,18,20-21,24,26,36H,2-5,7,9,11-12,15-17H2,1H3,(H,37,40)(H,38,42)(H,43,44)/b8-6-/t18-,20-,24+,26+,32-/m1/s1. The molecule has 3 fully saturated rings. The van der Waals surface area contributed by atoms with Gasteiger partial charge in [-0.15, -0.1) is 0 Å². The molecule has 1 aromatic heterocycles. The Kier molecular flexibility index (Phi) is 9.29. The number of ether oxygens (including phenoxy) is 1. The van der Waals surface area contributed by atoms with Crippen LogP contribution < -0.4 is 20.1 Å². The fourth-order valence-electron chi connectivity index (χ4n) is 6.53. The number of benzene rings is 1. The van der Waals surface area contributed by atoms with Crippen molar-refractivity contribution in [2.75, 3.05) is 6.54 Å². The maximum absolute atomic E-state index is 14.1. The molecule has 4 amide bonds. The molecule has 14 nitrogen and oxygen atoms in total. The van der Waals surface area contributed by atoms with Crippen LogP contribution in [-0.2, 0) is 30.8 Å². The van der Waals surface area contributed by atoms with Gasteiger partial charge in [-0.05, 0) is 57.1 Å². The Bertz CT molecular complexity index is 1770. The number of rotatable bonds is 7. The summed E-state index contributed by atoms with van der Waals surface area (Å²) in [6, 6.07) is 1.69. The van der Waals surface area contributed by atoms with Crippen LogP contribution in [0.15, 0.2) is 30.4 Å². The number of amides is 4. The van der Waals surface area contributed by atoms with Crippen molar-refractivity contribution in [1.29, 1.82) is 0 Å². The van der Waals surface area contributed by atoms with Gasteiger partial charge in [-0.3, -0.25) is 19.1 Å². The molecule has 4 aliphatic rings. The second-order valence-corrected chi connectivity index (χ2v) is 14.9. The van der Waals surface area contributed by atoms with Gasteiger partial charge >= 0.3 is 6.09 Å². The molecule has 2 aliphatic heterocycles. The molecule has 2 aliphatic carbocycles. The number of nitrogens with one attached hydrogen (secondary N) is 3. The largest absolute Gasteiger partial charge is 0.471 e. The monoisotopic (exact) mass is 686 g/mol. The molecule has 4 N–H and O–H groups in total. The van der Waals surface area contributed by atoms with Gasteiger partial charge in [-0.25, -0.2) is 27.6 Å². The number of allylic oxidation sites excluding steroid dienone is 1. The fourth-order valence-corrected chi connectivity index (χ4v) is 7.89. The van der Waals surface area contributed by atoms with E-state index in [1.807, 2.05) is 19.1 Å². The van der Waals surface area contributed by atoms with Crippen LogP contribution in [0.5, 0.6) is 5.88 Å². The van der Waals surface area contributed by atoms with Crippen molar-refractivity contribution < 1.29 is 41.8 Å². The highest BCUT2D eigenvalue weighted by Gasteiger charge is 2.62. The first-order chi connectivity index (χ1) is 22.9. The second kappa shape index (κ2) is 13.3. The Morgan fingerprint density at radius 2 is 1.94 bits per heavy atom. The molecule has 5 atom stereocenters. The van der Waals surface area contributed by atoms with Gasteiger partial charge in [-0.1, -0.05) is 31.9 Å². The molecule has 48 heavy (non-hydrogen) atoms. The van der Waals surface area contributed by atoms with E-state index in [0.29, 0.717) is 49.7 Å². The molecule has 1 aromatic carbocycles. The highest BCUT2D eigenvalue weighted by molar-refractivity contribution is 7.91. The van der Waals surface area contributed by atoms with E-state index in [-0.39, 0.29) is 37.2 Å². The summed E-state index contributed by atoms with van der Waals surface area (Å²) in [7, 11) is -3.90. The molecule has 2 saturated carbocycles. The molecule has 0 radical (unpaired) electrons. The van der Waals surface area contributed by atoms with E-state index in [9.17, 15) is 37.1 Å². The summed E-state index contributed by atoms with van der Waals surface area (Å²) < 4.78 is 47.8. The first-order valence-corrected chi connectivity index (χ1v) is 17.9. The van der Waals surface area contributed by atoms with Crippen molar-refractivity contribution in [3.8, 4) is 5.88 Å². The smallest absolute Gasteiger partial charge is 0.405 e. The number of halogens is 1. The van der Waals surface area contributed by atoms with E-state index in [4.69, 9.17) is 4.74 Å². The molecule has 3 heterocycles. The van der Waals surface area contributed by atoms with Crippen LogP contribution in [0.1, 0.15) is 70.4 Å². The lowest BCUT2D eigenvalue weighted by Gasteiger charge is -2.29. The lowest BCUT2D eigenvalue weighted by molar-refractivity contribution is -0.141. The van der Waals surface area contributed by atoms with Crippen molar-refractivity contribution in [1.82, 2.24) is 30.2 Å². The van der Waals surface area contributed by atoms with E-state index in [1.54, 1.807) is 0 Å². The fraction of sp³-hybridized carbons (Fsp3) is 0.562. The Hall–Kier alpha value is -4.34. The van der Waals surface area contributed by atoms with Crippen LogP contribution in [0, 0.1) is 11.7 Å². The number of aromatic nitrogens is 2. The van der Waals surface area contributed by atoms with Gasteiger partial charge in [0.05, 0.1) is 22.8 Å². The molecule has 6 rings (SSSR count). The average molecular weight is 687 g/mol. The van der Waals surface area contributed by atoms with Gasteiger partial charge in [0.2, 0.25) is 27.7 Å². The van der Waals surface area contributed by atoms with Crippen molar-refractivity contribution >= 4 is 44.9 Å². The van der Waals surface area contributed by atoms with E-state index in [2.05, 4.69) is 25.3 Å². The predicted molar refractivity (Wildman–Crippen MR) is 170 cm³/mol. The van der Waals surface area contributed by atoms with Crippen LogP contribution in [0.2, 0.25) is 0 Å². The van der Waals surface area contributed by atoms with E-state index >= 15 is 0 Å². The average Bonchev–Trinajstić information content (AvgIpc) is 3.96. The zero-order valence-corrected chi connectivity index (χ0v) is 27.3. The van der Waals surface area contributed by atoms with E-state index in [1.165, 1.54) is 23.1 Å². The molecule has 0 bridgehead atoms. The van der Waals surface area contributed by atoms with Gasteiger partial charge in [-0.2, -0.15) is 0 Å². The third kappa shape index (κ3) is 7.08. The Morgan fingerprint density at radius 1 is 1.15 bits per heavy atom. The van der Waals surface area contributed by atoms with Gasteiger partial charge in [0, 0.05) is 18.4 Å². The van der Waals surface area contributed by atoms with Crippen molar-refractivity contribution in [3.05, 3.63) is 41.9 Å². The maximum atomic E-state index is 14.1. The number of carbonyl (C=O) groups excluding carboxylic acids is 3. The summed E-state index contributed by atoms with van der Waals surface area (Å²) >= 11 is 0. The lowest BCUT2D eigenvalue weighted by Crippen LogP contribution is -2.58. The van der Waals surface area contributed by atoms with E-state index < -0.39 is 74.5 Å². The SMILES string of the molecule is CCc1nc2ccc(F)cc2nc1O[C@@H]1C[C@H]2C(=O)N[C@]3(C(=O)NS(=O)(=O)C4CC4)C[C@H]3/C=C\CCCCC[C@H](NC(=O)O)C(=O)N2C1. The summed E-state index contributed by atoms with van der Waals surface area (Å²) in [5.74, 6) is -3.00. The topological polar surface area (TPSA) is 197 Å². The van der Waals surface area contributed by atoms with E-state index in [0.717, 1.165) is 6.42 Å². The van der Waals surface area contributed by atoms with Crippen molar-refractivity contribution in [2.45, 2.75) is 100 Å². The van der Waals surface area contributed by atoms with Crippen LogP contribution in [-0.4, -0.2) is 87.7 Å². The molecular formula is C32H39FN6O8S. The summed E-state index contributed by atoms with van der Waals surface area (Å²) in [6.07, 6.45) is 5.86. The van der Waals surface area contributed by atoms with Gasteiger partial charge < -0.3 is 25.4 Å². The quantitative estimate of drug-likeness (QED) is 0.314. The Labute approximate surface area is 276 Å². The molecule has 1 saturated heterocycles. The number of carboxylic acid groups (broad SMARTS) is 1. The highest BCUT2D eigenvalue weighted by Crippen LogP contribution is 2.46. The Balaban J connectivity index is 1.31. The number of carbonyl (C=O) groups is 4. The van der Waals surface area contributed by atoms with Crippen LogP contribution in [0.3, 0.4) is 0 Å². The first kappa shape index (κ1) is 33.6. The molecule has 0 spiro atoms. The first-order valence-electron chi connectivity index (χ1n) is 16.4. The minimum Gasteiger partial charge on any atom is -0.471 e. The van der Waals surface area contributed by atoms with Crippen LogP contribution in [0.4, 0.5) is 9.18 Å². The van der Waals surface area contributed by atoms with Crippen LogP contribution >= 0.6 is 0 Å². The minimum absolute atomic E-state index is 0.0397. The third-order valence-corrected chi connectivity index (χ3v) is 11.2. The molecule has 0 unspecified atom stereocenters. The van der Waals surface area contributed by atoms with Crippen molar-refractivity contribution in [3.63, 3.8) is 0 Å². The summed E-state index contributed by atoms with van der Waals surface area (Å²) in [5.41, 5.74) is -0.320. The van der Waals surface area contributed by atoms with Gasteiger partial charge in [0.25, 0.3) is 5.91 Å². The number of aryl methyl sites for hydroxylation is 1. The number of nitrogens with zero attached hydrogens (tertiary/aromatic N) is 3. The molecular weight excluding hydrogens is 647 g/mol. The maximum Gasteiger partial charge on any atom is 0.405 e.